The lowest BCUT2D eigenvalue weighted by molar-refractivity contribution is 0.0700. The van der Waals surface area contributed by atoms with Crippen LogP contribution >= 0.6 is 0 Å². The second-order valence-corrected chi connectivity index (χ2v) is 11.8. The number of rotatable bonds is 6. The number of nitrogens with two attached hydrogens (primary N) is 1. The highest BCUT2D eigenvalue weighted by Gasteiger charge is 2.47. The Bertz CT molecular complexity index is 1780. The Balaban J connectivity index is 1.28. The molecule has 1 amide bonds. The monoisotopic (exact) mass is 535 g/mol. The molecule has 204 valence electrons. The van der Waals surface area contributed by atoms with E-state index in [1.165, 1.54) is 23.7 Å². The summed E-state index contributed by atoms with van der Waals surface area (Å²) in [5, 5.41) is 1.17. The molecule has 40 heavy (non-hydrogen) atoms. The topological polar surface area (TPSA) is 91.5 Å². The number of carbonyl (C=O) groups excluding carboxylic acids is 1. The molecular weight excluding hydrogens is 502 g/mol. The Morgan fingerprint density at radius 2 is 2.00 bits per heavy atom. The van der Waals surface area contributed by atoms with E-state index in [-0.39, 0.29) is 18.0 Å². The third kappa shape index (κ3) is 3.48. The van der Waals surface area contributed by atoms with Crippen molar-refractivity contribution in [1.82, 2.24) is 19.0 Å². The minimum Gasteiger partial charge on any atom is -0.494 e. The fourth-order valence-electron chi connectivity index (χ4n) is 7.18. The number of amides is 1. The number of hydrogen-bond donors (Lipinski definition) is 1. The molecule has 1 aliphatic heterocycles. The third-order valence-corrected chi connectivity index (χ3v) is 9.43. The largest absolute Gasteiger partial charge is 0.494 e. The number of piperidine rings is 1. The SMILES string of the molecule is COc1cc(C(=O)N2CC3CCC2[C@@H]3N)cc2nc(-c3cc4cccc(-c5ccoc5)c4n3CC3CC3)n(C)c12. The van der Waals surface area contributed by atoms with Crippen LogP contribution in [-0.4, -0.2) is 50.7 Å². The van der Waals surface area contributed by atoms with Crippen LogP contribution in [0.4, 0.5) is 0 Å². The molecule has 2 unspecified atom stereocenters. The first-order chi connectivity index (χ1) is 19.5. The number of para-hydroxylation sites is 1. The predicted molar refractivity (Wildman–Crippen MR) is 154 cm³/mol. The van der Waals surface area contributed by atoms with Crippen molar-refractivity contribution in [2.75, 3.05) is 13.7 Å². The van der Waals surface area contributed by atoms with Crippen LogP contribution in [0.5, 0.6) is 5.75 Å². The maximum Gasteiger partial charge on any atom is 0.254 e. The van der Waals surface area contributed by atoms with E-state index in [0.717, 1.165) is 59.6 Å². The van der Waals surface area contributed by atoms with E-state index in [1.807, 2.05) is 30.1 Å². The first kappa shape index (κ1) is 23.8. The molecule has 2 aromatic carbocycles. The van der Waals surface area contributed by atoms with Gasteiger partial charge in [-0.2, -0.15) is 0 Å². The average molecular weight is 536 g/mol. The van der Waals surface area contributed by atoms with Gasteiger partial charge in [0.05, 0.1) is 36.4 Å². The van der Waals surface area contributed by atoms with Crippen molar-refractivity contribution in [3.63, 3.8) is 0 Å². The van der Waals surface area contributed by atoms with Gasteiger partial charge in [0.2, 0.25) is 0 Å². The predicted octanol–water partition coefficient (Wildman–Crippen LogP) is 5.44. The molecule has 2 aliphatic carbocycles. The van der Waals surface area contributed by atoms with Gasteiger partial charge in [0.15, 0.2) is 5.82 Å². The molecule has 8 nitrogen and oxygen atoms in total. The van der Waals surface area contributed by atoms with Crippen LogP contribution in [0, 0.1) is 11.8 Å². The highest BCUT2D eigenvalue weighted by atomic mass is 16.5. The summed E-state index contributed by atoms with van der Waals surface area (Å²) < 4.78 is 15.8. The Labute approximate surface area is 232 Å². The first-order valence-electron chi connectivity index (χ1n) is 14.3. The molecule has 3 fully saturated rings. The number of benzene rings is 2. The minimum absolute atomic E-state index is 0.0163. The number of likely N-dealkylation sites (tertiary alicyclic amines) is 1. The summed E-state index contributed by atoms with van der Waals surface area (Å²) in [6.07, 6.45) is 8.12. The normalized spacial score (nSPS) is 22.2. The van der Waals surface area contributed by atoms with Gasteiger partial charge in [-0.1, -0.05) is 18.2 Å². The van der Waals surface area contributed by atoms with E-state index in [2.05, 4.69) is 33.4 Å². The van der Waals surface area contributed by atoms with Gasteiger partial charge in [-0.15, -0.1) is 0 Å². The van der Waals surface area contributed by atoms with E-state index in [0.29, 0.717) is 23.1 Å². The molecule has 4 heterocycles. The fourth-order valence-corrected chi connectivity index (χ4v) is 7.18. The van der Waals surface area contributed by atoms with E-state index in [9.17, 15) is 4.79 Å². The number of aromatic nitrogens is 3. The van der Waals surface area contributed by atoms with E-state index in [4.69, 9.17) is 19.9 Å². The number of nitrogens with zero attached hydrogens (tertiary/aromatic N) is 4. The lowest BCUT2D eigenvalue weighted by Gasteiger charge is -2.27. The second kappa shape index (κ2) is 8.73. The van der Waals surface area contributed by atoms with Crippen LogP contribution in [0.15, 0.2) is 59.4 Å². The summed E-state index contributed by atoms with van der Waals surface area (Å²) in [7, 11) is 3.69. The lowest BCUT2D eigenvalue weighted by atomic mass is 10.1. The number of ether oxygens (including phenoxy) is 1. The third-order valence-electron chi connectivity index (χ3n) is 9.43. The molecule has 8 heteroatoms. The molecular formula is C32H33N5O3. The highest BCUT2D eigenvalue weighted by molar-refractivity contribution is 6.01. The van der Waals surface area contributed by atoms with Crippen LogP contribution in [0.3, 0.4) is 0 Å². The molecule has 3 aromatic heterocycles. The molecule has 8 rings (SSSR count). The van der Waals surface area contributed by atoms with E-state index >= 15 is 0 Å². The zero-order valence-electron chi connectivity index (χ0n) is 22.8. The van der Waals surface area contributed by atoms with Gasteiger partial charge < -0.3 is 28.9 Å². The number of fused-ring (bicyclic) bond motifs is 4. The van der Waals surface area contributed by atoms with E-state index in [1.54, 1.807) is 19.6 Å². The Morgan fingerprint density at radius 1 is 1.12 bits per heavy atom. The van der Waals surface area contributed by atoms with Crippen LogP contribution in [0.25, 0.3) is 44.6 Å². The molecule has 2 N–H and O–H groups in total. The quantitative estimate of drug-likeness (QED) is 0.313. The fraction of sp³-hybridized carbons (Fsp3) is 0.375. The summed E-state index contributed by atoms with van der Waals surface area (Å²) in [5.41, 5.74) is 13.1. The Kier molecular flexibility index (Phi) is 5.20. The number of methoxy groups -OCH3 is 1. The van der Waals surface area contributed by atoms with Crippen LogP contribution in [0.1, 0.15) is 36.0 Å². The summed E-state index contributed by atoms with van der Waals surface area (Å²) in [4.78, 5) is 20.8. The first-order valence-corrected chi connectivity index (χ1v) is 14.3. The number of furan rings is 1. The zero-order valence-corrected chi connectivity index (χ0v) is 22.8. The summed E-state index contributed by atoms with van der Waals surface area (Å²) in [5.74, 6) is 2.60. The van der Waals surface area contributed by atoms with Crippen molar-refractivity contribution in [2.24, 2.45) is 24.6 Å². The van der Waals surface area contributed by atoms with Gasteiger partial charge in [0.25, 0.3) is 5.91 Å². The summed E-state index contributed by atoms with van der Waals surface area (Å²) >= 11 is 0. The van der Waals surface area contributed by atoms with Gasteiger partial charge in [-0.25, -0.2) is 4.98 Å². The Morgan fingerprint density at radius 3 is 2.70 bits per heavy atom. The van der Waals surface area contributed by atoms with Crippen LogP contribution in [-0.2, 0) is 13.6 Å². The van der Waals surface area contributed by atoms with Crippen molar-refractivity contribution in [3.05, 3.63) is 60.6 Å². The standard InChI is InChI=1S/C32H33N5O3/c1-35-30-24(12-22(14-27(30)39-2)32(38)37-16-20-8-9-25(37)28(20)33)34-31(35)26-13-19-4-3-5-23(21-10-11-40-17-21)29(19)36(26)15-18-6-7-18/h3-5,10-14,17-18,20,25,28H,6-9,15-16,33H2,1-2H3/t20?,25?,28-/m1/s1. The van der Waals surface area contributed by atoms with Crippen molar-refractivity contribution in [3.8, 4) is 28.4 Å². The molecule has 2 saturated carbocycles. The number of imidazole rings is 1. The van der Waals surface area contributed by atoms with Crippen molar-refractivity contribution < 1.29 is 13.9 Å². The molecule has 3 atom stereocenters. The van der Waals surface area contributed by atoms with Crippen molar-refractivity contribution in [2.45, 2.75) is 44.3 Å². The van der Waals surface area contributed by atoms with Gasteiger partial charge in [-0.3, -0.25) is 4.79 Å². The van der Waals surface area contributed by atoms with Gasteiger partial charge in [0, 0.05) is 54.3 Å². The maximum atomic E-state index is 13.7. The summed E-state index contributed by atoms with van der Waals surface area (Å²) in [6.45, 7) is 1.67. The average Bonchev–Trinajstić information content (AvgIpc) is 3.35. The van der Waals surface area contributed by atoms with Crippen molar-refractivity contribution >= 4 is 27.8 Å². The van der Waals surface area contributed by atoms with Gasteiger partial charge in [-0.05, 0) is 61.8 Å². The van der Waals surface area contributed by atoms with Gasteiger partial charge in [0.1, 0.15) is 11.3 Å². The Hall–Kier alpha value is -4.04. The second-order valence-electron chi connectivity index (χ2n) is 11.8. The number of aryl methyl sites for hydroxylation is 1. The van der Waals surface area contributed by atoms with Crippen LogP contribution < -0.4 is 10.5 Å². The molecule has 3 aliphatic rings. The molecule has 0 radical (unpaired) electrons. The highest BCUT2D eigenvalue weighted by Crippen LogP contribution is 2.41. The summed E-state index contributed by atoms with van der Waals surface area (Å²) in [6, 6.07) is 14.7. The smallest absolute Gasteiger partial charge is 0.254 e. The maximum absolute atomic E-state index is 13.7. The zero-order chi connectivity index (χ0) is 27.1. The molecule has 5 aromatic rings. The van der Waals surface area contributed by atoms with E-state index < -0.39 is 0 Å². The van der Waals surface area contributed by atoms with Crippen molar-refractivity contribution in [1.29, 1.82) is 0 Å². The molecule has 0 spiro atoms. The van der Waals surface area contributed by atoms with Gasteiger partial charge >= 0.3 is 0 Å². The number of carbonyl (C=O) groups is 1. The lowest BCUT2D eigenvalue weighted by Crippen LogP contribution is -2.41. The molecule has 1 saturated heterocycles. The molecule has 2 bridgehead atoms. The minimum atomic E-state index is 0.0163. The number of hydrogen-bond acceptors (Lipinski definition) is 5. The van der Waals surface area contributed by atoms with Crippen LogP contribution in [0.2, 0.25) is 0 Å².